The highest BCUT2D eigenvalue weighted by atomic mass is 16.7. The van der Waals surface area contributed by atoms with Gasteiger partial charge in [0.2, 0.25) is 0 Å². The van der Waals surface area contributed by atoms with Crippen LogP contribution in [-0.2, 0) is 14.2 Å². The Bertz CT molecular complexity index is 367. The molecule has 0 heterocycles. The maximum absolute atomic E-state index is 10.2. The maximum atomic E-state index is 10.2. The zero-order valence-corrected chi connectivity index (χ0v) is 11.8. The van der Waals surface area contributed by atoms with Crippen LogP contribution in [0.5, 0.6) is 0 Å². The third-order valence-electron chi connectivity index (χ3n) is 3.15. The first-order valence-electron chi connectivity index (χ1n) is 6.24. The molecule has 0 aliphatic heterocycles. The first kappa shape index (κ1) is 17.0. The van der Waals surface area contributed by atoms with Gasteiger partial charge < -0.3 is 29.5 Å². The lowest BCUT2D eigenvalue weighted by atomic mass is 9.97. The molecule has 0 aliphatic rings. The first-order chi connectivity index (χ1) is 9.56. The second-order valence-corrected chi connectivity index (χ2v) is 4.38. The molecule has 20 heavy (non-hydrogen) atoms. The molecule has 0 fully saturated rings. The highest BCUT2D eigenvalue weighted by molar-refractivity contribution is 5.19. The summed E-state index contributed by atoms with van der Waals surface area (Å²) in [6, 6.07) is 8.76. The number of aliphatic hydroxyl groups is 3. The largest absolute Gasteiger partial charge is 0.387 e. The zero-order chi connectivity index (χ0) is 15.1. The van der Waals surface area contributed by atoms with Gasteiger partial charge in [-0.15, -0.1) is 0 Å². The quantitative estimate of drug-likeness (QED) is 0.586. The summed E-state index contributed by atoms with van der Waals surface area (Å²) in [5, 5.41) is 30.4. The molecule has 114 valence electrons. The molecule has 4 unspecified atom stereocenters. The molecule has 0 aromatic heterocycles. The molecule has 0 radical (unpaired) electrons. The minimum Gasteiger partial charge on any atom is -0.387 e. The molecule has 6 nitrogen and oxygen atoms in total. The molecule has 1 aromatic rings. The number of hydrogen-bond acceptors (Lipinski definition) is 6. The van der Waals surface area contributed by atoms with E-state index < -0.39 is 30.7 Å². The molecule has 4 atom stereocenters. The number of hydrogen-bond donors (Lipinski definition) is 3. The summed E-state index contributed by atoms with van der Waals surface area (Å²) < 4.78 is 14.9. The van der Waals surface area contributed by atoms with Gasteiger partial charge in [0.15, 0.2) is 6.29 Å². The van der Waals surface area contributed by atoms with Crippen LogP contribution in [0.1, 0.15) is 11.7 Å². The monoisotopic (exact) mass is 286 g/mol. The smallest absolute Gasteiger partial charge is 0.185 e. The molecule has 3 N–H and O–H groups in total. The predicted octanol–water partition coefficient (Wildman–Crippen LogP) is 0.0757. The van der Waals surface area contributed by atoms with Crippen molar-refractivity contribution in [1.82, 2.24) is 0 Å². The van der Waals surface area contributed by atoms with Crippen molar-refractivity contribution < 1.29 is 29.5 Å². The average molecular weight is 286 g/mol. The van der Waals surface area contributed by atoms with E-state index in [4.69, 9.17) is 14.2 Å². The van der Waals surface area contributed by atoms with Crippen LogP contribution in [0.3, 0.4) is 0 Å². The van der Waals surface area contributed by atoms with Crippen LogP contribution in [0.4, 0.5) is 0 Å². The van der Waals surface area contributed by atoms with Crippen LogP contribution in [0, 0.1) is 0 Å². The summed E-state index contributed by atoms with van der Waals surface area (Å²) in [5.74, 6) is 0. The lowest BCUT2D eigenvalue weighted by Crippen LogP contribution is -2.48. The van der Waals surface area contributed by atoms with E-state index in [0.717, 1.165) is 0 Å². The van der Waals surface area contributed by atoms with Crippen molar-refractivity contribution in [3.63, 3.8) is 0 Å². The van der Waals surface area contributed by atoms with Crippen molar-refractivity contribution in [3.05, 3.63) is 35.9 Å². The van der Waals surface area contributed by atoms with Gasteiger partial charge in [0.05, 0.1) is 0 Å². The van der Waals surface area contributed by atoms with Crippen molar-refractivity contribution in [1.29, 1.82) is 0 Å². The summed E-state index contributed by atoms with van der Waals surface area (Å²) in [6.45, 7) is 0. The summed E-state index contributed by atoms with van der Waals surface area (Å²) in [4.78, 5) is 0. The van der Waals surface area contributed by atoms with E-state index in [1.807, 2.05) is 6.07 Å². The SMILES string of the molecule is COC(OC)C(O)C(O)C(OC)C(O)c1ccccc1. The Morgan fingerprint density at radius 3 is 1.80 bits per heavy atom. The molecule has 1 rings (SSSR count). The van der Waals surface area contributed by atoms with E-state index in [2.05, 4.69) is 0 Å². The van der Waals surface area contributed by atoms with Gasteiger partial charge >= 0.3 is 0 Å². The van der Waals surface area contributed by atoms with E-state index in [1.54, 1.807) is 24.3 Å². The van der Waals surface area contributed by atoms with Crippen molar-refractivity contribution in [2.75, 3.05) is 21.3 Å². The van der Waals surface area contributed by atoms with E-state index in [-0.39, 0.29) is 0 Å². The molecule has 0 bridgehead atoms. The minimum absolute atomic E-state index is 0.581. The molecule has 1 aromatic carbocycles. The van der Waals surface area contributed by atoms with Gasteiger partial charge in [0.1, 0.15) is 24.4 Å². The fraction of sp³-hybridized carbons (Fsp3) is 0.571. The number of aliphatic hydroxyl groups excluding tert-OH is 3. The van der Waals surface area contributed by atoms with Crippen LogP contribution in [0.15, 0.2) is 30.3 Å². The molecule has 0 saturated heterocycles. The van der Waals surface area contributed by atoms with Gasteiger partial charge in [-0.25, -0.2) is 0 Å². The third-order valence-corrected chi connectivity index (χ3v) is 3.15. The van der Waals surface area contributed by atoms with Crippen LogP contribution >= 0.6 is 0 Å². The molecular weight excluding hydrogens is 264 g/mol. The Morgan fingerprint density at radius 1 is 0.800 bits per heavy atom. The summed E-state index contributed by atoms with van der Waals surface area (Å²) in [6.07, 6.45) is -5.83. The fourth-order valence-electron chi connectivity index (χ4n) is 2.03. The Hall–Kier alpha value is -1.02. The van der Waals surface area contributed by atoms with E-state index in [9.17, 15) is 15.3 Å². The van der Waals surface area contributed by atoms with E-state index >= 15 is 0 Å². The lowest BCUT2D eigenvalue weighted by Gasteiger charge is -2.32. The zero-order valence-electron chi connectivity index (χ0n) is 11.8. The minimum atomic E-state index is -1.37. The van der Waals surface area contributed by atoms with Gasteiger partial charge in [-0.2, -0.15) is 0 Å². The Balaban J connectivity index is 2.84. The normalized spacial score (nSPS) is 17.8. The second kappa shape index (κ2) is 8.31. The molecule has 0 saturated carbocycles. The molecular formula is C14H22O6. The van der Waals surface area contributed by atoms with Gasteiger partial charge in [0, 0.05) is 21.3 Å². The highest BCUT2D eigenvalue weighted by Crippen LogP contribution is 2.23. The van der Waals surface area contributed by atoms with Crippen molar-refractivity contribution in [3.8, 4) is 0 Å². The van der Waals surface area contributed by atoms with Gasteiger partial charge in [-0.1, -0.05) is 30.3 Å². The fourth-order valence-corrected chi connectivity index (χ4v) is 2.03. The van der Waals surface area contributed by atoms with Gasteiger partial charge in [-0.3, -0.25) is 0 Å². The average Bonchev–Trinajstić information content (AvgIpc) is 2.49. The van der Waals surface area contributed by atoms with Crippen LogP contribution in [0.2, 0.25) is 0 Å². The molecule has 6 heteroatoms. The lowest BCUT2D eigenvalue weighted by molar-refractivity contribution is -0.215. The van der Waals surface area contributed by atoms with Crippen molar-refractivity contribution in [2.24, 2.45) is 0 Å². The van der Waals surface area contributed by atoms with Gasteiger partial charge in [0.25, 0.3) is 0 Å². The van der Waals surface area contributed by atoms with Crippen LogP contribution in [-0.4, -0.2) is 61.3 Å². The second-order valence-electron chi connectivity index (χ2n) is 4.38. The van der Waals surface area contributed by atoms with E-state index in [1.165, 1.54) is 21.3 Å². The summed E-state index contributed by atoms with van der Waals surface area (Å²) >= 11 is 0. The number of benzene rings is 1. The number of methoxy groups -OCH3 is 3. The number of rotatable bonds is 8. The number of ether oxygens (including phenoxy) is 3. The van der Waals surface area contributed by atoms with E-state index in [0.29, 0.717) is 5.56 Å². The van der Waals surface area contributed by atoms with Crippen molar-refractivity contribution in [2.45, 2.75) is 30.7 Å². The summed E-state index contributed by atoms with van der Waals surface area (Å²) in [7, 11) is 4.04. The third kappa shape index (κ3) is 3.99. The van der Waals surface area contributed by atoms with Crippen molar-refractivity contribution >= 4 is 0 Å². The Labute approximate surface area is 118 Å². The predicted molar refractivity (Wildman–Crippen MR) is 72.0 cm³/mol. The first-order valence-corrected chi connectivity index (χ1v) is 6.24. The Morgan fingerprint density at radius 2 is 1.35 bits per heavy atom. The Kier molecular flexibility index (Phi) is 7.08. The molecule has 0 aliphatic carbocycles. The summed E-state index contributed by atoms with van der Waals surface area (Å²) in [5.41, 5.74) is 0.581. The maximum Gasteiger partial charge on any atom is 0.185 e. The standard InChI is InChI=1S/C14H22O6/c1-18-13(10(15)9-7-5-4-6-8-9)11(16)12(17)14(19-2)20-3/h4-8,10-17H,1-3H3. The molecule has 0 spiro atoms. The van der Waals surface area contributed by atoms with Crippen LogP contribution in [0.25, 0.3) is 0 Å². The molecule has 0 amide bonds. The van der Waals surface area contributed by atoms with Crippen LogP contribution < -0.4 is 0 Å². The van der Waals surface area contributed by atoms with Gasteiger partial charge in [-0.05, 0) is 5.56 Å². The highest BCUT2D eigenvalue weighted by Gasteiger charge is 2.37. The topological polar surface area (TPSA) is 88.4 Å².